The second-order valence-corrected chi connectivity index (χ2v) is 13.7. The Morgan fingerprint density at radius 3 is 1.00 bits per heavy atom. The molecule has 21 heavy (non-hydrogen) atoms. The van der Waals surface area contributed by atoms with Crippen LogP contribution in [0.4, 0.5) is 0 Å². The highest BCUT2D eigenvalue weighted by Crippen LogP contribution is 2.32. The van der Waals surface area contributed by atoms with Crippen LogP contribution in [0, 0.1) is 0 Å². The molecule has 0 aromatic heterocycles. The fourth-order valence-corrected chi connectivity index (χ4v) is 9.61. The van der Waals surface area contributed by atoms with E-state index in [9.17, 15) is 0 Å². The average molecular weight is 312 g/mol. The molecule has 0 aliphatic carbocycles. The number of hydrogen-bond donors (Lipinski definition) is 0. The van der Waals surface area contributed by atoms with Crippen molar-refractivity contribution in [1.29, 1.82) is 0 Å². The van der Waals surface area contributed by atoms with E-state index in [2.05, 4.69) is 27.7 Å². The molecule has 0 aliphatic rings. The van der Waals surface area contributed by atoms with Gasteiger partial charge in [-0.25, -0.2) is 0 Å². The van der Waals surface area contributed by atoms with Gasteiger partial charge in [0.2, 0.25) is 0 Å². The average Bonchev–Trinajstić information content (AvgIpc) is 2.51. The molecule has 128 valence electrons. The van der Waals surface area contributed by atoms with Gasteiger partial charge in [-0.15, -0.1) is 6.92 Å². The Morgan fingerprint density at radius 2 is 0.762 bits per heavy atom. The van der Waals surface area contributed by atoms with E-state index in [1.807, 2.05) is 0 Å². The van der Waals surface area contributed by atoms with Crippen LogP contribution in [0.25, 0.3) is 0 Å². The fraction of sp³-hybridized carbons (Fsp3) is 1.00. The number of rotatable bonds is 16. The molecule has 0 rings (SSSR count). The molecular weight excluding hydrogens is 267 g/mol. The van der Waals surface area contributed by atoms with Crippen LogP contribution >= 0.6 is 0 Å². The van der Waals surface area contributed by atoms with E-state index in [1.54, 1.807) is 40.4 Å². The van der Waals surface area contributed by atoms with Gasteiger partial charge in [0.1, 0.15) is 13.1 Å². The van der Waals surface area contributed by atoms with Crippen molar-refractivity contribution in [1.82, 2.24) is 0 Å². The quantitative estimate of drug-likeness (QED) is 0.199. The van der Waals surface area contributed by atoms with Gasteiger partial charge in [-0.2, -0.15) is 21.1 Å². The summed E-state index contributed by atoms with van der Waals surface area (Å²) < 4.78 is 0. The summed E-state index contributed by atoms with van der Waals surface area (Å²) in [5.41, 5.74) is 0. The monoisotopic (exact) mass is 311 g/mol. The summed E-state index contributed by atoms with van der Waals surface area (Å²) in [6, 6.07) is 0. The fourth-order valence-electron chi connectivity index (χ4n) is 4.06. The highest BCUT2D eigenvalue weighted by Gasteiger charge is 2.25. The van der Waals surface area contributed by atoms with Crippen molar-refractivity contribution >= 4 is 13.1 Å². The predicted octanol–water partition coefficient (Wildman–Crippen LogP) is 8.20. The summed E-state index contributed by atoms with van der Waals surface area (Å²) in [5, 5.41) is 6.59. The van der Waals surface area contributed by atoms with Crippen molar-refractivity contribution in [2.75, 3.05) is 0 Å². The molecule has 0 aliphatic heterocycles. The second-order valence-electron chi connectivity index (χ2n) is 7.69. The standard InChI is InChI=1S/3C6H13.C2H5.Al/c3*1-3-5-6-4-2;1-2;/h3*1,3-6H2,2H3;1H2,2H3;/q;;;;-1. The summed E-state index contributed by atoms with van der Waals surface area (Å²) in [7, 11) is 0. The number of unbranched alkanes of at least 4 members (excludes halogenated alkanes) is 9. The lowest BCUT2D eigenvalue weighted by Crippen LogP contribution is -2.32. The minimum atomic E-state index is -1.24. The smallest absolute Gasteiger partial charge is 0.134 e. The first-order valence-electron chi connectivity index (χ1n) is 10.5. The lowest BCUT2D eigenvalue weighted by molar-refractivity contribution is 0.663. The van der Waals surface area contributed by atoms with E-state index in [1.165, 1.54) is 57.8 Å². The van der Waals surface area contributed by atoms with E-state index >= 15 is 0 Å². The molecule has 0 bridgehead atoms. The Kier molecular flexibility index (Phi) is 15.8. The first-order chi connectivity index (χ1) is 10.2. The van der Waals surface area contributed by atoms with Crippen LogP contribution in [0.15, 0.2) is 0 Å². The van der Waals surface area contributed by atoms with Crippen LogP contribution in [0.2, 0.25) is 21.1 Å². The zero-order valence-electron chi connectivity index (χ0n) is 15.9. The van der Waals surface area contributed by atoms with Crippen molar-refractivity contribution in [2.45, 2.75) is 126 Å². The summed E-state index contributed by atoms with van der Waals surface area (Å²) in [6.45, 7) is 9.54. The van der Waals surface area contributed by atoms with Gasteiger partial charge >= 0.3 is 0 Å². The SMILES string of the molecule is CCCCC[CH2][Al-]([CH2]C)([CH2]CCCCC)[CH2]CCCCC. The molecule has 0 radical (unpaired) electrons. The van der Waals surface area contributed by atoms with Gasteiger partial charge in [0, 0.05) is 0 Å². The molecule has 0 nitrogen and oxygen atoms in total. The molecule has 0 spiro atoms. The van der Waals surface area contributed by atoms with Crippen molar-refractivity contribution < 1.29 is 0 Å². The normalized spacial score (nSPS) is 12.0. The molecule has 0 unspecified atom stereocenters. The molecule has 0 aromatic carbocycles. The van der Waals surface area contributed by atoms with E-state index in [0.29, 0.717) is 0 Å². The molecule has 0 aromatic rings. The molecule has 0 saturated heterocycles. The molecule has 1 heteroatoms. The van der Waals surface area contributed by atoms with E-state index in [4.69, 9.17) is 0 Å². The summed E-state index contributed by atoms with van der Waals surface area (Å²) in [5.74, 6) is 0. The number of hydrogen-bond acceptors (Lipinski definition) is 0. The van der Waals surface area contributed by atoms with Gasteiger partial charge < -0.3 is 0 Å². The third kappa shape index (κ3) is 11.7. The minimum absolute atomic E-state index is 1.24. The highest BCUT2D eigenvalue weighted by molar-refractivity contribution is 6.79. The minimum Gasteiger partial charge on any atom is -0.194 e. The zero-order chi connectivity index (χ0) is 15.8. The van der Waals surface area contributed by atoms with Crippen LogP contribution in [0.5, 0.6) is 0 Å². The van der Waals surface area contributed by atoms with Crippen molar-refractivity contribution in [3.8, 4) is 0 Å². The van der Waals surface area contributed by atoms with Crippen LogP contribution < -0.4 is 0 Å². The summed E-state index contributed by atoms with van der Waals surface area (Å²) in [6.07, 6.45) is 17.7. The van der Waals surface area contributed by atoms with Gasteiger partial charge in [0.05, 0.1) is 0 Å². The van der Waals surface area contributed by atoms with Gasteiger partial charge in [-0.3, -0.25) is 0 Å². The van der Waals surface area contributed by atoms with Crippen molar-refractivity contribution in [3.63, 3.8) is 0 Å². The molecule has 0 saturated carbocycles. The molecule has 0 fully saturated rings. The maximum absolute atomic E-state index is 2.53. The Labute approximate surface area is 139 Å². The van der Waals surface area contributed by atoms with Gasteiger partial charge in [0.15, 0.2) is 0 Å². The first-order valence-corrected chi connectivity index (χ1v) is 13.7. The van der Waals surface area contributed by atoms with Gasteiger partial charge in [-0.1, -0.05) is 97.8 Å². The lowest BCUT2D eigenvalue weighted by atomic mass is 10.2. The van der Waals surface area contributed by atoms with E-state index < -0.39 is 13.1 Å². The maximum atomic E-state index is 2.53. The van der Waals surface area contributed by atoms with E-state index in [0.717, 1.165) is 0 Å². The molecule has 0 atom stereocenters. The van der Waals surface area contributed by atoms with Gasteiger partial charge in [0.25, 0.3) is 0 Å². The zero-order valence-corrected chi connectivity index (χ0v) is 17.0. The molecule has 0 N–H and O–H groups in total. The van der Waals surface area contributed by atoms with Crippen LogP contribution in [0.3, 0.4) is 0 Å². The Morgan fingerprint density at radius 1 is 0.429 bits per heavy atom. The predicted molar refractivity (Wildman–Crippen MR) is 103 cm³/mol. The van der Waals surface area contributed by atoms with Gasteiger partial charge in [-0.05, 0) is 0 Å². The third-order valence-electron chi connectivity index (χ3n) is 5.88. The summed E-state index contributed by atoms with van der Waals surface area (Å²) in [4.78, 5) is 0. The van der Waals surface area contributed by atoms with E-state index in [-0.39, 0.29) is 0 Å². The molecule has 0 amide bonds. The Bertz CT molecular complexity index is 169. The molecular formula is C20H44Al-. The highest BCUT2D eigenvalue weighted by atomic mass is 27.2. The first kappa shape index (κ1) is 21.5. The summed E-state index contributed by atoms with van der Waals surface area (Å²) >= 11 is -1.24. The van der Waals surface area contributed by atoms with Crippen molar-refractivity contribution in [2.24, 2.45) is 0 Å². The van der Waals surface area contributed by atoms with Crippen LogP contribution in [0.1, 0.15) is 105 Å². The Hall–Kier alpha value is 0.532. The molecule has 0 heterocycles. The Balaban J connectivity index is 4.22. The maximum Gasteiger partial charge on any atom is 0.134 e. The van der Waals surface area contributed by atoms with Crippen LogP contribution in [-0.4, -0.2) is 13.1 Å². The third-order valence-corrected chi connectivity index (χ3v) is 12.5. The largest absolute Gasteiger partial charge is 0.194 e. The lowest BCUT2D eigenvalue weighted by Gasteiger charge is -2.35. The van der Waals surface area contributed by atoms with Crippen molar-refractivity contribution in [3.05, 3.63) is 0 Å². The topological polar surface area (TPSA) is 0 Å². The second kappa shape index (κ2) is 15.4. The van der Waals surface area contributed by atoms with Crippen LogP contribution in [-0.2, 0) is 0 Å².